The van der Waals surface area contributed by atoms with Crippen molar-refractivity contribution < 1.29 is 14.4 Å². The van der Waals surface area contributed by atoms with Crippen LogP contribution in [0, 0.1) is 0 Å². The van der Waals surface area contributed by atoms with Crippen LogP contribution in [0.25, 0.3) is 0 Å². The van der Waals surface area contributed by atoms with Crippen molar-refractivity contribution in [1.29, 1.82) is 0 Å². The SMILES string of the molecule is CC(C)Sc1ccc(C(=O)Nc2cccc3c2C(=O)NC3=O)cc1. The van der Waals surface area contributed by atoms with Crippen molar-refractivity contribution in [3.05, 3.63) is 59.2 Å². The number of fused-ring (bicyclic) bond motifs is 1. The van der Waals surface area contributed by atoms with E-state index in [0.717, 1.165) is 4.90 Å². The Bertz CT molecular complexity index is 829. The number of amides is 3. The van der Waals surface area contributed by atoms with Gasteiger partial charge >= 0.3 is 0 Å². The highest BCUT2D eigenvalue weighted by Crippen LogP contribution is 2.26. The zero-order valence-electron chi connectivity index (χ0n) is 13.3. The zero-order valence-corrected chi connectivity index (χ0v) is 14.1. The molecule has 0 fully saturated rings. The number of hydrogen-bond acceptors (Lipinski definition) is 4. The average Bonchev–Trinajstić information content (AvgIpc) is 2.83. The third kappa shape index (κ3) is 3.19. The highest BCUT2D eigenvalue weighted by atomic mass is 32.2. The Morgan fingerprint density at radius 1 is 1.04 bits per heavy atom. The maximum absolute atomic E-state index is 12.4. The average molecular weight is 340 g/mol. The molecule has 2 N–H and O–H groups in total. The molecule has 0 atom stereocenters. The molecule has 0 saturated heterocycles. The highest BCUT2D eigenvalue weighted by Gasteiger charge is 2.29. The Balaban J connectivity index is 1.81. The van der Waals surface area contributed by atoms with Crippen LogP contribution >= 0.6 is 11.8 Å². The Kier molecular flexibility index (Phi) is 4.40. The van der Waals surface area contributed by atoms with E-state index in [4.69, 9.17) is 0 Å². The zero-order chi connectivity index (χ0) is 17.3. The molecular formula is C18H16N2O3S. The predicted octanol–water partition coefficient (Wildman–Crippen LogP) is 3.32. The van der Waals surface area contributed by atoms with Gasteiger partial charge in [-0.3, -0.25) is 19.7 Å². The molecule has 0 bridgehead atoms. The Morgan fingerprint density at radius 3 is 2.42 bits per heavy atom. The summed E-state index contributed by atoms with van der Waals surface area (Å²) in [6.45, 7) is 4.21. The van der Waals surface area contributed by atoms with E-state index in [2.05, 4.69) is 24.5 Å². The Labute approximate surface area is 143 Å². The molecule has 5 nitrogen and oxygen atoms in total. The Hall–Kier alpha value is -2.60. The van der Waals surface area contributed by atoms with Crippen LogP contribution in [0.1, 0.15) is 44.9 Å². The van der Waals surface area contributed by atoms with Gasteiger partial charge in [0.15, 0.2) is 0 Å². The monoisotopic (exact) mass is 340 g/mol. The van der Waals surface area contributed by atoms with Crippen LogP contribution in [0.4, 0.5) is 5.69 Å². The largest absolute Gasteiger partial charge is 0.321 e. The van der Waals surface area contributed by atoms with E-state index in [1.807, 2.05) is 12.1 Å². The van der Waals surface area contributed by atoms with Gasteiger partial charge < -0.3 is 5.32 Å². The van der Waals surface area contributed by atoms with Gasteiger partial charge in [0.25, 0.3) is 17.7 Å². The van der Waals surface area contributed by atoms with E-state index >= 15 is 0 Å². The molecule has 24 heavy (non-hydrogen) atoms. The van der Waals surface area contributed by atoms with E-state index in [1.165, 1.54) is 0 Å². The second-order valence-corrected chi connectivity index (χ2v) is 7.31. The lowest BCUT2D eigenvalue weighted by Crippen LogP contribution is -2.20. The number of rotatable bonds is 4. The lowest BCUT2D eigenvalue weighted by atomic mass is 10.1. The first-order valence-corrected chi connectivity index (χ1v) is 8.40. The molecule has 0 aromatic heterocycles. The third-order valence-electron chi connectivity index (χ3n) is 3.50. The normalized spacial score (nSPS) is 13.0. The van der Waals surface area contributed by atoms with E-state index in [1.54, 1.807) is 42.1 Å². The molecule has 0 radical (unpaired) electrons. The minimum atomic E-state index is -0.491. The number of carbonyl (C=O) groups is 3. The minimum absolute atomic E-state index is 0.211. The van der Waals surface area contributed by atoms with Gasteiger partial charge in [0.2, 0.25) is 0 Å². The number of anilines is 1. The number of nitrogens with one attached hydrogen (secondary N) is 2. The lowest BCUT2D eigenvalue weighted by molar-refractivity contribution is 0.0879. The van der Waals surface area contributed by atoms with E-state index in [-0.39, 0.29) is 17.0 Å². The van der Waals surface area contributed by atoms with Crippen LogP contribution in [0.2, 0.25) is 0 Å². The van der Waals surface area contributed by atoms with Crippen LogP contribution in [0.3, 0.4) is 0 Å². The summed E-state index contributed by atoms with van der Waals surface area (Å²) in [5.74, 6) is -1.26. The molecule has 2 aromatic rings. The first kappa shape index (κ1) is 16.3. The molecular weight excluding hydrogens is 324 g/mol. The summed E-state index contributed by atoms with van der Waals surface area (Å²) in [5.41, 5.74) is 1.32. The maximum Gasteiger partial charge on any atom is 0.261 e. The summed E-state index contributed by atoms with van der Waals surface area (Å²) in [6, 6.07) is 12.1. The predicted molar refractivity (Wildman–Crippen MR) is 93.6 cm³/mol. The summed E-state index contributed by atoms with van der Waals surface area (Å²) in [6.07, 6.45) is 0. The van der Waals surface area contributed by atoms with Gasteiger partial charge in [0, 0.05) is 15.7 Å². The summed E-state index contributed by atoms with van der Waals surface area (Å²) < 4.78 is 0. The lowest BCUT2D eigenvalue weighted by Gasteiger charge is -2.09. The standard InChI is InChI=1S/C18H16N2O3S/c1-10(2)24-12-8-6-11(7-9-12)16(21)19-14-5-3-4-13-15(14)18(23)20-17(13)22/h3-10H,1-2H3,(H,19,21)(H,20,22,23). The van der Waals surface area contributed by atoms with Crippen molar-refractivity contribution >= 4 is 35.2 Å². The molecule has 0 unspecified atom stereocenters. The molecule has 0 saturated carbocycles. The molecule has 1 aliphatic rings. The fraction of sp³-hybridized carbons (Fsp3) is 0.167. The molecule has 3 rings (SSSR count). The second-order valence-electron chi connectivity index (χ2n) is 5.66. The second kappa shape index (κ2) is 6.49. The van der Waals surface area contributed by atoms with Gasteiger partial charge in [-0.25, -0.2) is 0 Å². The molecule has 0 spiro atoms. The van der Waals surface area contributed by atoms with Crippen molar-refractivity contribution in [3.8, 4) is 0 Å². The maximum atomic E-state index is 12.4. The van der Waals surface area contributed by atoms with E-state index < -0.39 is 11.8 Å². The van der Waals surface area contributed by atoms with Crippen LogP contribution in [-0.4, -0.2) is 23.0 Å². The smallest absolute Gasteiger partial charge is 0.261 e. The molecule has 3 amide bonds. The molecule has 2 aromatic carbocycles. The summed E-state index contributed by atoms with van der Waals surface area (Å²) in [5, 5.41) is 5.41. The van der Waals surface area contributed by atoms with Gasteiger partial charge in [-0.15, -0.1) is 11.8 Å². The van der Waals surface area contributed by atoms with Crippen molar-refractivity contribution in [1.82, 2.24) is 5.32 Å². The van der Waals surface area contributed by atoms with Gasteiger partial charge in [-0.05, 0) is 36.4 Å². The van der Waals surface area contributed by atoms with Crippen LogP contribution in [0.5, 0.6) is 0 Å². The molecule has 1 aliphatic heterocycles. The molecule has 122 valence electrons. The van der Waals surface area contributed by atoms with Gasteiger partial charge in [0.05, 0.1) is 16.8 Å². The van der Waals surface area contributed by atoms with Gasteiger partial charge in [0.1, 0.15) is 0 Å². The summed E-state index contributed by atoms with van der Waals surface area (Å²) in [7, 11) is 0. The van der Waals surface area contributed by atoms with Crippen molar-refractivity contribution in [2.24, 2.45) is 0 Å². The van der Waals surface area contributed by atoms with Crippen LogP contribution in [0.15, 0.2) is 47.4 Å². The number of benzene rings is 2. The number of imide groups is 1. The first-order chi connectivity index (χ1) is 11.5. The third-order valence-corrected chi connectivity index (χ3v) is 4.52. The van der Waals surface area contributed by atoms with Crippen molar-refractivity contribution in [2.45, 2.75) is 24.0 Å². The van der Waals surface area contributed by atoms with Crippen LogP contribution in [-0.2, 0) is 0 Å². The highest BCUT2D eigenvalue weighted by molar-refractivity contribution is 7.99. The van der Waals surface area contributed by atoms with Crippen molar-refractivity contribution in [3.63, 3.8) is 0 Å². The number of hydrogen-bond donors (Lipinski definition) is 2. The summed E-state index contributed by atoms with van der Waals surface area (Å²) in [4.78, 5) is 37.0. The Morgan fingerprint density at radius 2 is 1.75 bits per heavy atom. The van der Waals surface area contributed by atoms with E-state index in [9.17, 15) is 14.4 Å². The fourth-order valence-corrected chi connectivity index (χ4v) is 3.31. The van der Waals surface area contributed by atoms with Gasteiger partial charge in [-0.1, -0.05) is 19.9 Å². The topological polar surface area (TPSA) is 75.3 Å². The molecule has 0 aliphatic carbocycles. The summed E-state index contributed by atoms with van der Waals surface area (Å²) >= 11 is 1.72. The minimum Gasteiger partial charge on any atom is -0.321 e. The van der Waals surface area contributed by atoms with Gasteiger partial charge in [-0.2, -0.15) is 0 Å². The fourth-order valence-electron chi connectivity index (χ4n) is 2.47. The van der Waals surface area contributed by atoms with Crippen LogP contribution < -0.4 is 10.6 Å². The number of carbonyl (C=O) groups excluding carboxylic acids is 3. The number of thioether (sulfide) groups is 1. The molecule has 1 heterocycles. The first-order valence-electron chi connectivity index (χ1n) is 7.52. The van der Waals surface area contributed by atoms with E-state index in [0.29, 0.717) is 16.5 Å². The quantitative estimate of drug-likeness (QED) is 0.661. The molecule has 6 heteroatoms. The van der Waals surface area contributed by atoms with Crippen molar-refractivity contribution in [2.75, 3.05) is 5.32 Å².